The third kappa shape index (κ3) is 41.6. The number of rotatable bonds is 55. The Labute approximate surface area is 748 Å². The molecule has 0 aromatic rings. The molecule has 0 heterocycles. The SMILES string of the molecule is C.C=CCOC(=O)C1(C(=O)OCC=C)C[C@@H](OCC=C)CC1O.C=CCOC(=O)C1(C(=O)OCC=C)C[C@@H](OCC=C)CC1OCOC.C=CCO[C@H]1CC(OCOC)C(CO)(CO)C1.C=CCO[C@H]1CC(OCOC)C(CO)(CO)C1.C=CCO[C@H]1C[C@H](OCOC)[C@](CC)(CO)C1.COC(=O)C(C/C=C\C=O)C(=O)OC.COC(=O)C(C/C=C\CO)C(=O)OC. The number of esters is 8. The van der Waals surface area contributed by atoms with E-state index in [9.17, 15) is 73.8 Å². The van der Waals surface area contributed by atoms with E-state index in [0.717, 1.165) is 19.3 Å². The first-order valence-corrected chi connectivity index (χ1v) is 40.7. The number of aldehydes is 1. The van der Waals surface area contributed by atoms with Crippen LogP contribution in [0.4, 0.5) is 0 Å². The first kappa shape index (κ1) is 123. The predicted octanol–water partition coefficient (Wildman–Crippen LogP) is 5.91. The average Bonchev–Trinajstić information content (AvgIpc) is 1.62. The van der Waals surface area contributed by atoms with E-state index in [2.05, 4.69) is 85.1 Å². The fourth-order valence-electron chi connectivity index (χ4n) is 13.9. The molecule has 127 heavy (non-hydrogen) atoms. The molecule has 0 bridgehead atoms. The van der Waals surface area contributed by atoms with Gasteiger partial charge in [-0.15, -0.1) is 32.9 Å². The quantitative estimate of drug-likeness (QED) is 0.00707. The number of aliphatic hydroxyl groups is 7. The molecule has 0 saturated heterocycles. The molecule has 7 N–H and O–H groups in total. The summed E-state index contributed by atoms with van der Waals surface area (Å²) >= 11 is 0. The van der Waals surface area contributed by atoms with Crippen molar-refractivity contribution in [2.75, 3.05) is 183 Å². The van der Waals surface area contributed by atoms with Gasteiger partial charge in [-0.1, -0.05) is 114 Å². The van der Waals surface area contributed by atoms with Crippen molar-refractivity contribution in [3.8, 4) is 0 Å². The Balaban J connectivity index is -0.00000142. The molecular formula is C90H146O37. The molecular weight excluding hydrogens is 1670 g/mol. The smallest absolute Gasteiger partial charge is 0.326 e. The van der Waals surface area contributed by atoms with Crippen LogP contribution in [0, 0.1) is 38.9 Å². The van der Waals surface area contributed by atoms with Gasteiger partial charge in [0, 0.05) is 89.6 Å². The third-order valence-electron chi connectivity index (χ3n) is 20.6. The molecule has 5 saturated carbocycles. The Morgan fingerprint density at radius 1 is 0.346 bits per heavy atom. The normalized spacial score (nSPS) is 22.1. The van der Waals surface area contributed by atoms with Gasteiger partial charge in [0.05, 0.1) is 162 Å². The van der Waals surface area contributed by atoms with Crippen LogP contribution in [0.15, 0.2) is 138 Å². The lowest BCUT2D eigenvalue weighted by Gasteiger charge is -2.31. The Hall–Kier alpha value is -8.23. The lowest BCUT2D eigenvalue weighted by molar-refractivity contribution is -0.187. The first-order valence-electron chi connectivity index (χ1n) is 40.7. The van der Waals surface area contributed by atoms with Crippen LogP contribution in [0.25, 0.3) is 0 Å². The minimum Gasteiger partial charge on any atom is -0.468 e. The second-order valence-corrected chi connectivity index (χ2v) is 28.8. The highest BCUT2D eigenvalue weighted by molar-refractivity contribution is 6.02. The Bertz CT molecular complexity index is 3020. The van der Waals surface area contributed by atoms with E-state index in [1.165, 1.54) is 84.2 Å². The number of carbonyl (C=O) groups excluding carboxylic acids is 9. The van der Waals surface area contributed by atoms with E-state index >= 15 is 0 Å². The molecule has 11 atom stereocenters. The average molecular weight is 1820 g/mol. The summed E-state index contributed by atoms with van der Waals surface area (Å²) in [5.74, 6) is -7.70. The summed E-state index contributed by atoms with van der Waals surface area (Å²) in [6, 6.07) is 0. The van der Waals surface area contributed by atoms with E-state index < -0.39 is 99.6 Å². The van der Waals surface area contributed by atoms with E-state index in [1.807, 2.05) is 0 Å². The van der Waals surface area contributed by atoms with Crippen molar-refractivity contribution in [3.05, 3.63) is 138 Å². The summed E-state index contributed by atoms with van der Waals surface area (Å²) in [7, 11) is 10.9. The van der Waals surface area contributed by atoms with Crippen molar-refractivity contribution >= 4 is 54.0 Å². The summed E-state index contributed by atoms with van der Waals surface area (Å²) in [5.41, 5.74) is -4.87. The molecule has 0 aromatic carbocycles. The summed E-state index contributed by atoms with van der Waals surface area (Å²) in [6.45, 7) is 35.8. The molecule has 5 fully saturated rings. The van der Waals surface area contributed by atoms with Gasteiger partial charge in [-0.2, -0.15) is 0 Å². The molecule has 0 spiro atoms. The van der Waals surface area contributed by atoms with Crippen molar-refractivity contribution < 1.29 is 178 Å². The summed E-state index contributed by atoms with van der Waals surface area (Å²) in [4.78, 5) is 104. The van der Waals surface area contributed by atoms with Crippen LogP contribution >= 0.6 is 0 Å². The minimum atomic E-state index is -1.78. The van der Waals surface area contributed by atoms with Gasteiger partial charge in [0.15, 0.2) is 22.7 Å². The maximum atomic E-state index is 12.7. The second kappa shape index (κ2) is 72.6. The van der Waals surface area contributed by atoms with Crippen molar-refractivity contribution in [2.24, 2.45) is 38.9 Å². The number of carbonyl (C=O) groups is 9. The van der Waals surface area contributed by atoms with Crippen LogP contribution < -0.4 is 0 Å². The number of ether oxygens (including phenoxy) is 21. The van der Waals surface area contributed by atoms with Gasteiger partial charge < -0.3 is 135 Å². The minimum absolute atomic E-state index is 0. The Morgan fingerprint density at radius 3 is 0.882 bits per heavy atom. The summed E-state index contributed by atoms with van der Waals surface area (Å²) in [5, 5.41) is 66.3. The number of methoxy groups -OCH3 is 8. The van der Waals surface area contributed by atoms with Crippen LogP contribution in [-0.4, -0.2) is 334 Å². The van der Waals surface area contributed by atoms with E-state index in [-0.39, 0.29) is 188 Å². The molecule has 0 radical (unpaired) electrons. The van der Waals surface area contributed by atoms with Gasteiger partial charge in [0.2, 0.25) is 0 Å². The number of hydrogen-bond donors (Lipinski definition) is 7. The largest absolute Gasteiger partial charge is 0.468 e. The zero-order valence-corrected chi connectivity index (χ0v) is 74.9. The number of hydrogen-bond acceptors (Lipinski definition) is 37. The highest BCUT2D eigenvalue weighted by Crippen LogP contribution is 2.48. The highest BCUT2D eigenvalue weighted by atomic mass is 16.7. The molecule has 0 aromatic heterocycles. The standard InChI is InChI=1S/C18H26O7.C16H22O6.C13H24O4.2C12H22O5.C9H14O5.C9H12O5.CH4/c1-5-8-22-14-11-15(25-13-21-4)18(12-14,16(19)23-9-6-2)17(20)24-10-7-3;1-4-7-20-12-10-13(17)16(11-12,14(18)21-8-5-2)15(19)22-9-6-3;1-4-6-16-11-7-12(17-10-15-3)13(5-2,8-11)9-14;2*1-3-4-16-10-5-11(17-9-15-2)12(6-10,7-13)8-14;2*1-13-8(11)7(9(12)14-2)5-3-4-6-10;/h5-7,14-15H,1-3,8-13H2,4H3;4-6,12-13,17H,1-3,7-11H2;4,11-12,14H,1,5-10H2,2-3H3;2*3,10-11,13-14H,1,4-9H2,2H3;3-4,7,10H,5-6H2,1-2H3;3-4,6-7H,5H2,1-2H3;1H4/b;;;;;2*4-3-;/t14-,15?;12-,13?;11-,12-,13-;2*10-,11?;;;/m00000.../s1. The predicted molar refractivity (Wildman–Crippen MR) is 464 cm³/mol. The lowest BCUT2D eigenvalue weighted by Crippen LogP contribution is -2.49. The maximum absolute atomic E-state index is 12.7. The van der Waals surface area contributed by atoms with Crippen LogP contribution in [0.5, 0.6) is 0 Å². The number of allylic oxidation sites excluding steroid dienone is 3. The number of aliphatic hydroxyl groups excluding tert-OH is 7. The van der Waals surface area contributed by atoms with E-state index in [4.69, 9.17) is 85.6 Å². The molecule has 37 heteroatoms. The molecule has 0 amide bonds. The summed E-state index contributed by atoms with van der Waals surface area (Å²) in [6.07, 6.45) is 22.6. The fraction of sp³-hybridized carbons (Fsp3) is 0.656. The van der Waals surface area contributed by atoms with Crippen molar-refractivity contribution in [1.82, 2.24) is 0 Å². The Morgan fingerprint density at radius 2 is 0.606 bits per heavy atom. The first-order chi connectivity index (χ1) is 60.6. The topological polar surface area (TPSA) is 489 Å². The maximum Gasteiger partial charge on any atom is 0.326 e. The molecule has 5 rings (SSSR count). The fourth-order valence-corrected chi connectivity index (χ4v) is 13.9. The van der Waals surface area contributed by atoms with Gasteiger partial charge in [0.1, 0.15) is 59.9 Å². The zero-order valence-electron chi connectivity index (χ0n) is 74.9. The highest BCUT2D eigenvalue weighted by Gasteiger charge is 2.63. The van der Waals surface area contributed by atoms with Gasteiger partial charge >= 0.3 is 47.8 Å². The molecule has 5 aliphatic carbocycles. The third-order valence-corrected chi connectivity index (χ3v) is 20.6. The van der Waals surface area contributed by atoms with Crippen LogP contribution in [0.3, 0.4) is 0 Å². The van der Waals surface area contributed by atoms with Crippen molar-refractivity contribution in [2.45, 2.75) is 159 Å². The molecule has 0 aliphatic heterocycles. The van der Waals surface area contributed by atoms with Crippen LogP contribution in [0.1, 0.15) is 97.8 Å². The van der Waals surface area contributed by atoms with Gasteiger partial charge in [0.25, 0.3) is 0 Å². The van der Waals surface area contributed by atoms with Crippen LogP contribution in [0.2, 0.25) is 0 Å². The molecule has 5 aliphatic rings. The second-order valence-electron chi connectivity index (χ2n) is 28.8. The van der Waals surface area contributed by atoms with Crippen molar-refractivity contribution in [3.63, 3.8) is 0 Å². The summed E-state index contributed by atoms with van der Waals surface area (Å²) < 4.78 is 108. The van der Waals surface area contributed by atoms with Gasteiger partial charge in [-0.25, -0.2) is 0 Å². The van der Waals surface area contributed by atoms with E-state index in [1.54, 1.807) is 51.7 Å². The molecule has 728 valence electrons. The van der Waals surface area contributed by atoms with Gasteiger partial charge in [-0.3, -0.25) is 43.2 Å². The molecule has 37 nitrogen and oxygen atoms in total. The van der Waals surface area contributed by atoms with Crippen LogP contribution in [-0.2, 0) is 143 Å². The lowest BCUT2D eigenvalue weighted by atomic mass is 9.82. The van der Waals surface area contributed by atoms with E-state index in [0.29, 0.717) is 64.8 Å². The zero-order chi connectivity index (χ0) is 95.4. The molecule has 4 unspecified atom stereocenters. The van der Waals surface area contributed by atoms with Gasteiger partial charge in [-0.05, 0) is 44.6 Å². The van der Waals surface area contributed by atoms with Crippen molar-refractivity contribution in [1.29, 1.82) is 0 Å². The monoisotopic (exact) mass is 1820 g/mol. The Kier molecular flexibility index (Phi) is 70.2.